The van der Waals surface area contributed by atoms with E-state index in [0.717, 1.165) is 11.1 Å². The second kappa shape index (κ2) is 9.27. The molecule has 4 N–H and O–H groups in total. The summed E-state index contributed by atoms with van der Waals surface area (Å²) in [5.74, 6) is 4.91. The summed E-state index contributed by atoms with van der Waals surface area (Å²) in [4.78, 5) is 23.4. The van der Waals surface area contributed by atoms with Crippen molar-refractivity contribution in [1.29, 1.82) is 0 Å². The lowest BCUT2D eigenvalue weighted by Gasteiger charge is -2.14. The molecule has 0 aliphatic heterocycles. The number of alkyl carbamates (subject to hydrolysis) is 1. The van der Waals surface area contributed by atoms with Gasteiger partial charge in [-0.25, -0.2) is 4.79 Å². The van der Waals surface area contributed by atoms with Gasteiger partial charge in [-0.05, 0) is 40.5 Å². The molecule has 0 heterocycles. The molecular formula is C26H22N2O4. The van der Waals surface area contributed by atoms with Crippen LogP contribution in [-0.2, 0) is 4.74 Å². The number of hydrogen-bond donors (Lipinski definition) is 3. The van der Waals surface area contributed by atoms with E-state index < -0.39 is 12.0 Å². The predicted octanol–water partition coefficient (Wildman–Crippen LogP) is 3.77. The number of ether oxygens (including phenoxy) is 1. The Hall–Kier alpha value is -4.24. The van der Waals surface area contributed by atoms with Crippen molar-refractivity contribution in [2.75, 3.05) is 13.2 Å². The van der Waals surface area contributed by atoms with Crippen molar-refractivity contribution < 1.29 is 19.4 Å². The van der Waals surface area contributed by atoms with E-state index >= 15 is 0 Å². The molecule has 160 valence electrons. The highest BCUT2D eigenvalue weighted by atomic mass is 16.5. The van der Waals surface area contributed by atoms with Crippen molar-refractivity contribution in [2.24, 2.45) is 5.73 Å². The minimum atomic E-state index is -0.719. The van der Waals surface area contributed by atoms with E-state index in [1.807, 2.05) is 24.3 Å². The number of fused-ring (bicyclic) bond motifs is 3. The summed E-state index contributed by atoms with van der Waals surface area (Å²) >= 11 is 0. The molecular weight excluding hydrogens is 404 g/mol. The van der Waals surface area contributed by atoms with Gasteiger partial charge in [-0.3, -0.25) is 4.79 Å². The van der Waals surface area contributed by atoms with Gasteiger partial charge in [0.2, 0.25) is 0 Å². The molecule has 3 aromatic carbocycles. The third-order valence-corrected chi connectivity index (χ3v) is 5.36. The zero-order valence-corrected chi connectivity index (χ0v) is 17.3. The first-order valence-corrected chi connectivity index (χ1v) is 10.2. The van der Waals surface area contributed by atoms with Gasteiger partial charge in [0.15, 0.2) is 0 Å². The first-order valence-electron chi connectivity index (χ1n) is 10.2. The molecule has 3 aromatic rings. The number of primary amides is 1. The van der Waals surface area contributed by atoms with Gasteiger partial charge in [0, 0.05) is 24.4 Å². The summed E-state index contributed by atoms with van der Waals surface area (Å²) in [6.45, 7) is 0.583. The average Bonchev–Trinajstić information content (AvgIpc) is 3.12. The van der Waals surface area contributed by atoms with Gasteiger partial charge in [-0.15, -0.1) is 0 Å². The minimum Gasteiger partial charge on any atom is -0.507 e. The van der Waals surface area contributed by atoms with Crippen LogP contribution in [0.15, 0.2) is 66.7 Å². The quantitative estimate of drug-likeness (QED) is 0.427. The lowest BCUT2D eigenvalue weighted by molar-refractivity contribution is 0.0997. The van der Waals surface area contributed by atoms with E-state index in [1.54, 1.807) is 6.07 Å². The topological polar surface area (TPSA) is 102 Å². The molecule has 6 heteroatoms. The Morgan fingerprint density at radius 2 is 1.66 bits per heavy atom. The number of carbonyl (C=O) groups excluding carboxylic acids is 2. The summed E-state index contributed by atoms with van der Waals surface area (Å²) in [7, 11) is 0. The highest BCUT2D eigenvalue weighted by molar-refractivity contribution is 5.95. The summed E-state index contributed by atoms with van der Waals surface area (Å²) < 4.78 is 5.48. The molecule has 0 bridgehead atoms. The molecule has 6 nitrogen and oxygen atoms in total. The molecule has 2 amide bonds. The Morgan fingerprint density at radius 1 is 1.00 bits per heavy atom. The van der Waals surface area contributed by atoms with Gasteiger partial charge in [-0.1, -0.05) is 60.4 Å². The van der Waals surface area contributed by atoms with Crippen molar-refractivity contribution in [3.8, 4) is 28.7 Å². The fraction of sp³-hybridized carbons (Fsp3) is 0.154. The van der Waals surface area contributed by atoms with Crippen molar-refractivity contribution in [3.05, 3.63) is 89.0 Å². The Bertz CT molecular complexity index is 1190. The normalized spacial score (nSPS) is 11.6. The maximum absolute atomic E-state index is 12.2. The number of benzene rings is 3. The highest BCUT2D eigenvalue weighted by Gasteiger charge is 2.28. The van der Waals surface area contributed by atoms with Crippen molar-refractivity contribution >= 4 is 12.0 Å². The van der Waals surface area contributed by atoms with Crippen LogP contribution in [0.4, 0.5) is 4.79 Å². The number of aromatic hydroxyl groups is 1. The highest BCUT2D eigenvalue weighted by Crippen LogP contribution is 2.44. The Balaban J connectivity index is 1.29. The summed E-state index contributed by atoms with van der Waals surface area (Å²) in [5, 5.41) is 12.3. The molecule has 0 atom stereocenters. The Morgan fingerprint density at radius 3 is 2.31 bits per heavy atom. The summed E-state index contributed by atoms with van der Waals surface area (Å²) in [6, 6.07) is 20.7. The van der Waals surface area contributed by atoms with Crippen LogP contribution in [0.5, 0.6) is 5.75 Å². The zero-order chi connectivity index (χ0) is 22.5. The first kappa shape index (κ1) is 21.0. The predicted molar refractivity (Wildman–Crippen MR) is 121 cm³/mol. The molecule has 0 radical (unpaired) electrons. The van der Waals surface area contributed by atoms with Gasteiger partial charge in [-0.2, -0.15) is 0 Å². The first-order chi connectivity index (χ1) is 15.5. The monoisotopic (exact) mass is 426 g/mol. The molecule has 0 aromatic heterocycles. The number of phenols is 1. The summed E-state index contributed by atoms with van der Waals surface area (Å²) in [5.41, 5.74) is 10.5. The van der Waals surface area contributed by atoms with Crippen molar-refractivity contribution in [2.45, 2.75) is 12.3 Å². The van der Waals surface area contributed by atoms with Crippen LogP contribution in [0.1, 0.15) is 39.4 Å². The van der Waals surface area contributed by atoms with Crippen LogP contribution in [0.25, 0.3) is 11.1 Å². The van der Waals surface area contributed by atoms with E-state index in [1.165, 1.54) is 23.3 Å². The third kappa shape index (κ3) is 4.42. The van der Waals surface area contributed by atoms with Gasteiger partial charge in [0.25, 0.3) is 5.91 Å². The standard InChI is InChI=1S/C26H22N2O4/c27-25(30)22-15-17(12-13-24(22)29)7-5-6-14-28-26(31)32-16-23-20-10-3-1-8-18(20)19-9-2-4-11-21(19)23/h1-4,8-13,15,23,29H,6,14,16H2,(H2,27,30)(H,28,31). The maximum Gasteiger partial charge on any atom is 0.407 e. The summed E-state index contributed by atoms with van der Waals surface area (Å²) in [6.07, 6.45) is -0.0916. The van der Waals surface area contributed by atoms with Crippen molar-refractivity contribution in [3.63, 3.8) is 0 Å². The number of nitrogens with one attached hydrogen (secondary N) is 1. The van der Waals surface area contributed by atoms with E-state index in [4.69, 9.17) is 10.5 Å². The van der Waals surface area contributed by atoms with Crippen LogP contribution < -0.4 is 11.1 Å². The molecule has 0 fully saturated rings. The van der Waals surface area contributed by atoms with Crippen LogP contribution >= 0.6 is 0 Å². The smallest absolute Gasteiger partial charge is 0.407 e. The number of carbonyl (C=O) groups is 2. The number of rotatable bonds is 5. The second-order valence-electron chi connectivity index (χ2n) is 7.40. The fourth-order valence-corrected chi connectivity index (χ4v) is 3.85. The molecule has 0 spiro atoms. The number of amides is 2. The average molecular weight is 426 g/mol. The van der Waals surface area contributed by atoms with Crippen LogP contribution in [0.3, 0.4) is 0 Å². The number of hydrogen-bond acceptors (Lipinski definition) is 4. The molecule has 0 unspecified atom stereocenters. The van der Waals surface area contributed by atoms with Gasteiger partial charge in [0.1, 0.15) is 12.4 Å². The van der Waals surface area contributed by atoms with E-state index in [2.05, 4.69) is 41.4 Å². The van der Waals surface area contributed by atoms with Gasteiger partial charge < -0.3 is 20.9 Å². The van der Waals surface area contributed by atoms with E-state index in [0.29, 0.717) is 18.5 Å². The SMILES string of the molecule is NC(=O)c1cc(C#CCCNC(=O)OCC2c3ccccc3-c3ccccc32)ccc1O. The van der Waals surface area contributed by atoms with Crippen LogP contribution in [-0.4, -0.2) is 30.3 Å². The molecule has 1 aliphatic carbocycles. The minimum absolute atomic E-state index is 0.0156. The maximum atomic E-state index is 12.2. The fourth-order valence-electron chi connectivity index (χ4n) is 3.85. The van der Waals surface area contributed by atoms with E-state index in [9.17, 15) is 14.7 Å². The lowest BCUT2D eigenvalue weighted by atomic mass is 9.98. The van der Waals surface area contributed by atoms with Gasteiger partial charge in [0.05, 0.1) is 5.56 Å². The molecule has 32 heavy (non-hydrogen) atoms. The lowest BCUT2D eigenvalue weighted by Crippen LogP contribution is -2.26. The van der Waals surface area contributed by atoms with Crippen molar-refractivity contribution in [1.82, 2.24) is 5.32 Å². The largest absolute Gasteiger partial charge is 0.507 e. The Kier molecular flexibility index (Phi) is 6.09. The molecule has 4 rings (SSSR count). The second-order valence-corrected chi connectivity index (χ2v) is 7.40. The van der Waals surface area contributed by atoms with Crippen LogP contribution in [0.2, 0.25) is 0 Å². The molecule has 0 saturated heterocycles. The molecule has 1 aliphatic rings. The molecule has 0 saturated carbocycles. The van der Waals surface area contributed by atoms with E-state index in [-0.39, 0.29) is 23.8 Å². The van der Waals surface area contributed by atoms with Crippen LogP contribution in [0, 0.1) is 11.8 Å². The zero-order valence-electron chi connectivity index (χ0n) is 17.3. The third-order valence-electron chi connectivity index (χ3n) is 5.36. The number of nitrogens with two attached hydrogens (primary N) is 1. The Labute approximate surface area is 186 Å². The van der Waals surface area contributed by atoms with Gasteiger partial charge >= 0.3 is 6.09 Å².